The van der Waals surface area contributed by atoms with E-state index in [2.05, 4.69) is 5.32 Å². The number of rotatable bonds is 2. The molecule has 1 atom stereocenters. The first-order valence-corrected chi connectivity index (χ1v) is 4.81. The molecule has 1 amide bonds. The van der Waals surface area contributed by atoms with Crippen molar-refractivity contribution in [2.75, 3.05) is 13.7 Å². The summed E-state index contributed by atoms with van der Waals surface area (Å²) in [7, 11) is 1.54. The van der Waals surface area contributed by atoms with Crippen molar-refractivity contribution in [2.24, 2.45) is 0 Å². The number of benzene rings is 1. The van der Waals surface area contributed by atoms with Crippen LogP contribution >= 0.6 is 0 Å². The maximum Gasteiger partial charge on any atom is 0.220 e. The van der Waals surface area contributed by atoms with E-state index in [1.165, 1.54) is 12.1 Å². The highest BCUT2D eigenvalue weighted by Gasteiger charge is 2.25. The van der Waals surface area contributed by atoms with E-state index in [1.54, 1.807) is 13.2 Å². The summed E-state index contributed by atoms with van der Waals surface area (Å²) in [6, 6.07) is 4.38. The van der Waals surface area contributed by atoms with Crippen LogP contribution in [0.4, 0.5) is 4.39 Å². The second-order valence-corrected chi connectivity index (χ2v) is 3.59. The van der Waals surface area contributed by atoms with Gasteiger partial charge >= 0.3 is 0 Å². The predicted molar refractivity (Wildman–Crippen MR) is 53.3 cm³/mol. The van der Waals surface area contributed by atoms with Gasteiger partial charge in [-0.05, 0) is 18.2 Å². The molecule has 15 heavy (non-hydrogen) atoms. The Kier molecular flexibility index (Phi) is 2.58. The van der Waals surface area contributed by atoms with Crippen LogP contribution in [0.25, 0.3) is 0 Å². The number of ether oxygens (including phenoxy) is 1. The first kappa shape index (κ1) is 9.96. The van der Waals surface area contributed by atoms with E-state index in [4.69, 9.17) is 4.74 Å². The predicted octanol–water partition coefficient (Wildman–Crippen LogP) is 1.44. The summed E-state index contributed by atoms with van der Waals surface area (Å²) in [5.74, 6) is 0.359. The van der Waals surface area contributed by atoms with Crippen molar-refractivity contribution in [3.63, 3.8) is 0 Å². The Hall–Kier alpha value is -1.58. The number of methoxy groups -OCH3 is 1. The molecule has 0 spiro atoms. The minimum Gasteiger partial charge on any atom is -0.496 e. The third-order valence-electron chi connectivity index (χ3n) is 2.61. The van der Waals surface area contributed by atoms with Gasteiger partial charge in [0.1, 0.15) is 11.6 Å². The van der Waals surface area contributed by atoms with E-state index >= 15 is 0 Å². The maximum atomic E-state index is 13.1. The Bertz CT molecular complexity index is 392. The lowest BCUT2D eigenvalue weighted by Gasteiger charge is -2.12. The Morgan fingerprint density at radius 2 is 2.33 bits per heavy atom. The number of hydrogen-bond donors (Lipinski definition) is 1. The van der Waals surface area contributed by atoms with Gasteiger partial charge in [-0.15, -0.1) is 0 Å². The van der Waals surface area contributed by atoms with Gasteiger partial charge in [0, 0.05) is 24.4 Å². The summed E-state index contributed by atoms with van der Waals surface area (Å²) in [4.78, 5) is 11.1. The summed E-state index contributed by atoms with van der Waals surface area (Å²) >= 11 is 0. The average molecular weight is 209 g/mol. The maximum absolute atomic E-state index is 13.1. The second-order valence-electron chi connectivity index (χ2n) is 3.59. The lowest BCUT2D eigenvalue weighted by molar-refractivity contribution is -0.119. The Labute approximate surface area is 87.2 Å². The molecule has 1 aromatic rings. The molecule has 1 N–H and O–H groups in total. The standard InChI is InChI=1S/C11H12FNO2/c1-15-10-3-2-8(12)5-9(10)7-4-11(14)13-6-7/h2-3,5,7H,4,6H2,1H3,(H,13,14). The fourth-order valence-corrected chi connectivity index (χ4v) is 1.85. The summed E-state index contributed by atoms with van der Waals surface area (Å²) < 4.78 is 18.2. The van der Waals surface area contributed by atoms with Crippen molar-refractivity contribution in [1.82, 2.24) is 5.32 Å². The van der Waals surface area contributed by atoms with Gasteiger partial charge in [0.05, 0.1) is 7.11 Å². The number of nitrogens with one attached hydrogen (secondary N) is 1. The summed E-state index contributed by atoms with van der Waals surface area (Å²) in [5.41, 5.74) is 0.760. The third-order valence-corrected chi connectivity index (χ3v) is 2.61. The minimum atomic E-state index is -0.301. The molecule has 2 rings (SSSR count). The van der Waals surface area contributed by atoms with Gasteiger partial charge in [-0.1, -0.05) is 0 Å². The smallest absolute Gasteiger partial charge is 0.220 e. The lowest BCUT2D eigenvalue weighted by atomic mass is 9.97. The zero-order chi connectivity index (χ0) is 10.8. The van der Waals surface area contributed by atoms with E-state index in [1.807, 2.05) is 0 Å². The van der Waals surface area contributed by atoms with E-state index in [0.29, 0.717) is 18.7 Å². The SMILES string of the molecule is COc1ccc(F)cc1C1CNC(=O)C1. The van der Waals surface area contributed by atoms with Crippen LogP contribution in [0, 0.1) is 5.82 Å². The zero-order valence-electron chi connectivity index (χ0n) is 8.42. The molecule has 4 heteroatoms. The molecular formula is C11H12FNO2. The summed E-state index contributed by atoms with van der Waals surface area (Å²) in [6.07, 6.45) is 0.403. The molecule has 1 unspecified atom stereocenters. The summed E-state index contributed by atoms with van der Waals surface area (Å²) in [5, 5.41) is 2.72. The molecule has 0 bridgehead atoms. The van der Waals surface area contributed by atoms with Crippen LogP contribution in [0.1, 0.15) is 17.9 Å². The average Bonchev–Trinajstić information content (AvgIpc) is 2.65. The van der Waals surface area contributed by atoms with Crippen LogP contribution in [0.5, 0.6) is 5.75 Å². The summed E-state index contributed by atoms with van der Waals surface area (Å²) in [6.45, 7) is 0.554. The Balaban J connectivity index is 2.33. The number of halogens is 1. The number of amides is 1. The van der Waals surface area contributed by atoms with Gasteiger partial charge in [-0.25, -0.2) is 4.39 Å². The van der Waals surface area contributed by atoms with Crippen molar-refractivity contribution >= 4 is 5.91 Å². The van der Waals surface area contributed by atoms with E-state index in [0.717, 1.165) is 5.56 Å². The first-order valence-electron chi connectivity index (χ1n) is 4.81. The van der Waals surface area contributed by atoms with Gasteiger partial charge in [-0.3, -0.25) is 4.79 Å². The Morgan fingerprint density at radius 1 is 1.53 bits per heavy atom. The topological polar surface area (TPSA) is 38.3 Å². The third kappa shape index (κ3) is 1.93. The van der Waals surface area contributed by atoms with Crippen molar-refractivity contribution in [2.45, 2.75) is 12.3 Å². The largest absolute Gasteiger partial charge is 0.496 e. The zero-order valence-corrected chi connectivity index (χ0v) is 8.42. The van der Waals surface area contributed by atoms with Crippen LogP contribution in [-0.4, -0.2) is 19.6 Å². The van der Waals surface area contributed by atoms with Crippen molar-refractivity contribution in [3.05, 3.63) is 29.6 Å². The van der Waals surface area contributed by atoms with Crippen LogP contribution in [0.2, 0.25) is 0 Å². The van der Waals surface area contributed by atoms with Crippen molar-refractivity contribution in [1.29, 1.82) is 0 Å². The Morgan fingerprint density at radius 3 is 2.93 bits per heavy atom. The minimum absolute atomic E-state index is 0.00585. The van der Waals surface area contributed by atoms with Crippen molar-refractivity contribution in [3.8, 4) is 5.75 Å². The molecule has 0 radical (unpaired) electrons. The van der Waals surface area contributed by atoms with Gasteiger partial charge in [0.2, 0.25) is 5.91 Å². The second kappa shape index (κ2) is 3.88. The van der Waals surface area contributed by atoms with Gasteiger partial charge in [0.25, 0.3) is 0 Å². The molecule has 0 saturated carbocycles. The van der Waals surface area contributed by atoms with Crippen LogP contribution in [-0.2, 0) is 4.79 Å². The van der Waals surface area contributed by atoms with Gasteiger partial charge < -0.3 is 10.1 Å². The monoisotopic (exact) mass is 209 g/mol. The molecule has 1 aromatic carbocycles. The van der Waals surface area contributed by atoms with Gasteiger partial charge in [0.15, 0.2) is 0 Å². The highest BCUT2D eigenvalue weighted by molar-refractivity contribution is 5.79. The number of carbonyl (C=O) groups is 1. The van der Waals surface area contributed by atoms with Crippen LogP contribution in [0.3, 0.4) is 0 Å². The normalized spacial score (nSPS) is 20.1. The molecular weight excluding hydrogens is 197 g/mol. The highest BCUT2D eigenvalue weighted by Crippen LogP contribution is 2.31. The quantitative estimate of drug-likeness (QED) is 0.800. The molecule has 3 nitrogen and oxygen atoms in total. The fourth-order valence-electron chi connectivity index (χ4n) is 1.85. The first-order chi connectivity index (χ1) is 7.20. The van der Waals surface area contributed by atoms with Crippen molar-refractivity contribution < 1.29 is 13.9 Å². The van der Waals surface area contributed by atoms with E-state index in [9.17, 15) is 9.18 Å². The van der Waals surface area contributed by atoms with Crippen LogP contribution < -0.4 is 10.1 Å². The highest BCUT2D eigenvalue weighted by atomic mass is 19.1. The molecule has 0 aliphatic carbocycles. The lowest BCUT2D eigenvalue weighted by Crippen LogP contribution is -2.13. The van der Waals surface area contributed by atoms with Gasteiger partial charge in [-0.2, -0.15) is 0 Å². The molecule has 0 aromatic heterocycles. The van der Waals surface area contributed by atoms with Crippen LogP contribution in [0.15, 0.2) is 18.2 Å². The molecule has 1 saturated heterocycles. The molecule has 1 aliphatic heterocycles. The number of hydrogen-bond acceptors (Lipinski definition) is 2. The van der Waals surface area contributed by atoms with E-state index in [-0.39, 0.29) is 17.6 Å². The molecule has 1 heterocycles. The van der Waals surface area contributed by atoms with E-state index < -0.39 is 0 Å². The fraction of sp³-hybridized carbons (Fsp3) is 0.364. The number of carbonyl (C=O) groups excluding carboxylic acids is 1. The molecule has 1 aliphatic rings. The molecule has 1 fully saturated rings. The molecule has 80 valence electrons.